The second-order valence-corrected chi connectivity index (χ2v) is 6.50. The molecule has 1 atom stereocenters. The van der Waals surface area contributed by atoms with Gasteiger partial charge in [0.1, 0.15) is 5.82 Å². The Kier molecular flexibility index (Phi) is 3.83. The van der Waals surface area contributed by atoms with Crippen molar-refractivity contribution in [2.24, 2.45) is 17.6 Å². The van der Waals surface area contributed by atoms with Crippen molar-refractivity contribution >= 4 is 0 Å². The van der Waals surface area contributed by atoms with Crippen LogP contribution in [0.2, 0.25) is 0 Å². The Bertz CT molecular complexity index is 436. The lowest BCUT2D eigenvalue weighted by Gasteiger charge is -2.27. The number of aryl methyl sites for hydroxylation is 1. The largest absolute Gasteiger partial charge is 0.330 e. The molecule has 3 rings (SSSR count). The predicted octanol–water partition coefficient (Wildman–Crippen LogP) is 2.83. The van der Waals surface area contributed by atoms with Gasteiger partial charge in [-0.1, -0.05) is 19.8 Å². The molecule has 0 radical (unpaired) electrons. The van der Waals surface area contributed by atoms with E-state index in [0.29, 0.717) is 11.8 Å². The zero-order chi connectivity index (χ0) is 13.2. The standard InChI is InChI=1S/C16H25N3/c1-11-2-5-13(6-3-11)16-18-10-14-8-12(9-17)4-7-15(14)19-16/h10-13H,2-9,17H2,1H3. The summed E-state index contributed by atoms with van der Waals surface area (Å²) in [6.07, 6.45) is 10.7. The van der Waals surface area contributed by atoms with Gasteiger partial charge < -0.3 is 5.73 Å². The monoisotopic (exact) mass is 259 g/mol. The molecule has 0 amide bonds. The third-order valence-corrected chi connectivity index (χ3v) is 4.99. The van der Waals surface area contributed by atoms with Crippen LogP contribution in [0.5, 0.6) is 0 Å². The van der Waals surface area contributed by atoms with E-state index in [0.717, 1.165) is 31.1 Å². The molecule has 104 valence electrons. The quantitative estimate of drug-likeness (QED) is 0.888. The number of hydrogen-bond donors (Lipinski definition) is 1. The number of aromatic nitrogens is 2. The van der Waals surface area contributed by atoms with Crippen molar-refractivity contribution < 1.29 is 0 Å². The second kappa shape index (κ2) is 5.58. The molecule has 19 heavy (non-hydrogen) atoms. The lowest BCUT2D eigenvalue weighted by atomic mass is 9.82. The van der Waals surface area contributed by atoms with Gasteiger partial charge in [-0.3, -0.25) is 0 Å². The first kappa shape index (κ1) is 13.0. The molecule has 0 aliphatic heterocycles. The topological polar surface area (TPSA) is 51.8 Å². The summed E-state index contributed by atoms with van der Waals surface area (Å²) in [5.74, 6) is 3.24. The molecule has 2 aliphatic carbocycles. The number of hydrogen-bond acceptors (Lipinski definition) is 3. The molecular formula is C16H25N3. The fraction of sp³-hybridized carbons (Fsp3) is 0.750. The van der Waals surface area contributed by atoms with E-state index in [9.17, 15) is 0 Å². The highest BCUT2D eigenvalue weighted by atomic mass is 14.9. The number of rotatable bonds is 2. The van der Waals surface area contributed by atoms with Crippen LogP contribution >= 0.6 is 0 Å². The Morgan fingerprint density at radius 1 is 1.21 bits per heavy atom. The van der Waals surface area contributed by atoms with Crippen LogP contribution in [0.15, 0.2) is 6.20 Å². The summed E-state index contributed by atoms with van der Waals surface area (Å²) >= 11 is 0. The minimum Gasteiger partial charge on any atom is -0.330 e. The summed E-state index contributed by atoms with van der Waals surface area (Å²) in [4.78, 5) is 9.54. The van der Waals surface area contributed by atoms with Crippen LogP contribution in [0, 0.1) is 11.8 Å². The molecule has 2 aliphatic rings. The molecule has 1 aromatic rings. The molecule has 1 heterocycles. The summed E-state index contributed by atoms with van der Waals surface area (Å²) in [6.45, 7) is 3.15. The first-order valence-corrected chi connectivity index (χ1v) is 7.81. The van der Waals surface area contributed by atoms with Gasteiger partial charge in [-0.25, -0.2) is 9.97 Å². The van der Waals surface area contributed by atoms with Gasteiger partial charge in [0.2, 0.25) is 0 Å². The van der Waals surface area contributed by atoms with E-state index in [2.05, 4.69) is 18.1 Å². The summed E-state index contributed by atoms with van der Waals surface area (Å²) in [7, 11) is 0. The third-order valence-electron chi connectivity index (χ3n) is 4.99. The van der Waals surface area contributed by atoms with Gasteiger partial charge >= 0.3 is 0 Å². The van der Waals surface area contributed by atoms with Crippen molar-refractivity contribution in [2.45, 2.75) is 57.8 Å². The summed E-state index contributed by atoms with van der Waals surface area (Å²) in [5, 5.41) is 0. The molecule has 0 saturated heterocycles. The van der Waals surface area contributed by atoms with Crippen LogP contribution in [0.3, 0.4) is 0 Å². The van der Waals surface area contributed by atoms with Gasteiger partial charge in [0.05, 0.1) is 0 Å². The maximum atomic E-state index is 5.78. The zero-order valence-corrected chi connectivity index (χ0v) is 11.9. The number of nitrogens with zero attached hydrogens (tertiary/aromatic N) is 2. The fourth-order valence-corrected chi connectivity index (χ4v) is 3.51. The van der Waals surface area contributed by atoms with E-state index in [-0.39, 0.29) is 0 Å². The highest BCUT2D eigenvalue weighted by Gasteiger charge is 2.24. The molecule has 1 unspecified atom stereocenters. The highest BCUT2D eigenvalue weighted by Crippen LogP contribution is 2.34. The van der Waals surface area contributed by atoms with Crippen molar-refractivity contribution in [3.8, 4) is 0 Å². The average molecular weight is 259 g/mol. The Morgan fingerprint density at radius 2 is 2.00 bits per heavy atom. The van der Waals surface area contributed by atoms with E-state index in [1.54, 1.807) is 0 Å². The Balaban J connectivity index is 1.75. The van der Waals surface area contributed by atoms with Gasteiger partial charge in [0, 0.05) is 17.8 Å². The molecule has 0 spiro atoms. The van der Waals surface area contributed by atoms with Crippen molar-refractivity contribution in [3.05, 3.63) is 23.3 Å². The Morgan fingerprint density at radius 3 is 2.74 bits per heavy atom. The molecule has 0 aromatic carbocycles. The maximum Gasteiger partial charge on any atom is 0.131 e. The minimum absolute atomic E-state index is 0.605. The third kappa shape index (κ3) is 2.81. The molecular weight excluding hydrogens is 234 g/mol. The molecule has 1 aromatic heterocycles. The molecule has 3 nitrogen and oxygen atoms in total. The highest BCUT2D eigenvalue weighted by molar-refractivity contribution is 5.22. The van der Waals surface area contributed by atoms with Crippen LogP contribution in [0.25, 0.3) is 0 Å². The molecule has 2 N–H and O–H groups in total. The Labute approximate surface area is 116 Å². The SMILES string of the molecule is CC1CCC(c2ncc3c(n2)CCC(CN)C3)CC1. The fourth-order valence-electron chi connectivity index (χ4n) is 3.51. The van der Waals surface area contributed by atoms with E-state index in [1.165, 1.54) is 43.4 Å². The predicted molar refractivity (Wildman–Crippen MR) is 77.0 cm³/mol. The molecule has 0 bridgehead atoms. The van der Waals surface area contributed by atoms with Crippen LogP contribution in [-0.4, -0.2) is 16.5 Å². The lowest BCUT2D eigenvalue weighted by Crippen LogP contribution is -2.24. The van der Waals surface area contributed by atoms with Gasteiger partial charge in [-0.15, -0.1) is 0 Å². The summed E-state index contributed by atoms with van der Waals surface area (Å²) < 4.78 is 0. The Hall–Kier alpha value is -0.960. The van der Waals surface area contributed by atoms with Crippen molar-refractivity contribution in [1.82, 2.24) is 9.97 Å². The molecule has 1 saturated carbocycles. The maximum absolute atomic E-state index is 5.78. The number of fused-ring (bicyclic) bond motifs is 1. The molecule has 3 heteroatoms. The van der Waals surface area contributed by atoms with Crippen molar-refractivity contribution in [1.29, 1.82) is 0 Å². The van der Waals surface area contributed by atoms with E-state index < -0.39 is 0 Å². The van der Waals surface area contributed by atoms with Crippen LogP contribution in [0.1, 0.15) is 62.0 Å². The van der Waals surface area contributed by atoms with Gasteiger partial charge in [0.15, 0.2) is 0 Å². The second-order valence-electron chi connectivity index (χ2n) is 6.50. The van der Waals surface area contributed by atoms with Crippen LogP contribution < -0.4 is 5.73 Å². The molecule has 1 fully saturated rings. The lowest BCUT2D eigenvalue weighted by molar-refractivity contribution is 0.338. The first-order valence-electron chi connectivity index (χ1n) is 7.81. The van der Waals surface area contributed by atoms with E-state index >= 15 is 0 Å². The zero-order valence-electron chi connectivity index (χ0n) is 11.9. The first-order chi connectivity index (χ1) is 9.26. The van der Waals surface area contributed by atoms with Gasteiger partial charge in [-0.2, -0.15) is 0 Å². The minimum atomic E-state index is 0.605. The average Bonchev–Trinajstić information content (AvgIpc) is 2.47. The van der Waals surface area contributed by atoms with Crippen LogP contribution in [-0.2, 0) is 12.8 Å². The van der Waals surface area contributed by atoms with E-state index in [4.69, 9.17) is 10.7 Å². The van der Waals surface area contributed by atoms with Gasteiger partial charge in [-0.05, 0) is 56.0 Å². The van der Waals surface area contributed by atoms with Crippen molar-refractivity contribution in [2.75, 3.05) is 6.54 Å². The van der Waals surface area contributed by atoms with Crippen molar-refractivity contribution in [3.63, 3.8) is 0 Å². The number of nitrogens with two attached hydrogens (primary N) is 1. The van der Waals surface area contributed by atoms with E-state index in [1.807, 2.05) is 0 Å². The summed E-state index contributed by atoms with van der Waals surface area (Å²) in [6, 6.07) is 0. The normalized spacial score (nSPS) is 30.9. The van der Waals surface area contributed by atoms with Gasteiger partial charge in [0.25, 0.3) is 0 Å². The van der Waals surface area contributed by atoms with Crippen LogP contribution in [0.4, 0.5) is 0 Å². The smallest absolute Gasteiger partial charge is 0.131 e. The summed E-state index contributed by atoms with van der Waals surface area (Å²) in [5.41, 5.74) is 8.42.